The fraction of sp³-hybridized carbons (Fsp3) is 0.588. The molecular formula is C17H24F2N2O2. The minimum atomic E-state index is -2.88. The molecule has 128 valence electrons. The van der Waals surface area contributed by atoms with Crippen LogP contribution in [-0.2, 0) is 0 Å². The monoisotopic (exact) mass is 326 g/mol. The van der Waals surface area contributed by atoms with Gasteiger partial charge in [0, 0.05) is 24.7 Å². The van der Waals surface area contributed by atoms with E-state index in [4.69, 9.17) is 5.73 Å². The van der Waals surface area contributed by atoms with E-state index in [-0.39, 0.29) is 17.7 Å². The van der Waals surface area contributed by atoms with Gasteiger partial charge in [0.25, 0.3) is 5.91 Å². The van der Waals surface area contributed by atoms with Crippen LogP contribution in [0.25, 0.3) is 0 Å². The summed E-state index contributed by atoms with van der Waals surface area (Å²) in [6.07, 6.45) is 1.85. The maximum atomic E-state index is 12.8. The summed E-state index contributed by atoms with van der Waals surface area (Å²) in [5.41, 5.74) is 7.37. The van der Waals surface area contributed by atoms with Crippen molar-refractivity contribution in [2.24, 2.45) is 11.7 Å². The van der Waals surface area contributed by atoms with Crippen molar-refractivity contribution in [3.63, 3.8) is 0 Å². The molecule has 1 aliphatic heterocycles. The van der Waals surface area contributed by atoms with Gasteiger partial charge < -0.3 is 15.4 Å². The van der Waals surface area contributed by atoms with Crippen molar-refractivity contribution in [3.8, 4) is 5.75 Å². The largest absolute Gasteiger partial charge is 0.434 e. The number of hydrogen-bond acceptors (Lipinski definition) is 3. The Balaban J connectivity index is 2.25. The Kier molecular flexibility index (Phi) is 5.57. The number of ether oxygens (including phenoxy) is 1. The summed E-state index contributed by atoms with van der Waals surface area (Å²) >= 11 is 0. The summed E-state index contributed by atoms with van der Waals surface area (Å²) in [5, 5.41) is 0. The molecule has 0 radical (unpaired) electrons. The van der Waals surface area contributed by atoms with Gasteiger partial charge in [0.15, 0.2) is 0 Å². The molecule has 2 N–H and O–H groups in total. The van der Waals surface area contributed by atoms with Crippen LogP contribution in [0.5, 0.6) is 5.75 Å². The average Bonchev–Trinajstić information content (AvgIpc) is 2.49. The lowest BCUT2D eigenvalue weighted by atomic mass is 9.91. The van der Waals surface area contributed by atoms with E-state index in [1.165, 1.54) is 0 Å². The van der Waals surface area contributed by atoms with Crippen LogP contribution in [0.1, 0.15) is 41.3 Å². The second-order valence-electron chi connectivity index (χ2n) is 6.34. The van der Waals surface area contributed by atoms with Crippen molar-refractivity contribution in [2.75, 3.05) is 13.1 Å². The van der Waals surface area contributed by atoms with Crippen LogP contribution < -0.4 is 10.5 Å². The predicted octanol–water partition coefficient (Wildman–Crippen LogP) is 3.10. The lowest BCUT2D eigenvalue weighted by Crippen LogP contribution is -2.49. The first-order valence-electron chi connectivity index (χ1n) is 7.90. The highest BCUT2D eigenvalue weighted by molar-refractivity contribution is 5.95. The van der Waals surface area contributed by atoms with Gasteiger partial charge in [-0.1, -0.05) is 6.92 Å². The number of piperidine rings is 1. The van der Waals surface area contributed by atoms with Crippen LogP contribution in [0.2, 0.25) is 0 Å². The number of alkyl halides is 2. The number of aryl methyl sites for hydroxylation is 2. The number of nitrogens with two attached hydrogens (primary N) is 1. The Labute approximate surface area is 135 Å². The average molecular weight is 326 g/mol. The number of likely N-dealkylation sites (tertiary alicyclic amines) is 1. The van der Waals surface area contributed by atoms with E-state index in [1.807, 2.05) is 4.90 Å². The molecule has 2 unspecified atom stereocenters. The van der Waals surface area contributed by atoms with Gasteiger partial charge in [-0.3, -0.25) is 4.79 Å². The smallest absolute Gasteiger partial charge is 0.387 e. The Bertz CT molecular complexity index is 555. The van der Waals surface area contributed by atoms with Gasteiger partial charge in [0.05, 0.1) is 0 Å². The summed E-state index contributed by atoms with van der Waals surface area (Å²) in [7, 11) is 0. The molecule has 6 heteroatoms. The molecule has 1 aromatic carbocycles. The van der Waals surface area contributed by atoms with Crippen molar-refractivity contribution in [2.45, 2.75) is 46.3 Å². The Morgan fingerprint density at radius 2 is 2.00 bits per heavy atom. The fourth-order valence-corrected chi connectivity index (χ4v) is 3.26. The Morgan fingerprint density at radius 3 is 2.52 bits per heavy atom. The lowest BCUT2D eigenvalue weighted by molar-refractivity contribution is -0.0507. The Morgan fingerprint density at radius 1 is 1.39 bits per heavy atom. The first kappa shape index (κ1) is 17.7. The predicted molar refractivity (Wildman–Crippen MR) is 84.8 cm³/mol. The van der Waals surface area contributed by atoms with E-state index in [0.29, 0.717) is 35.7 Å². The minimum Gasteiger partial charge on any atom is -0.434 e. The molecule has 0 saturated carbocycles. The highest BCUT2D eigenvalue weighted by Gasteiger charge is 2.30. The molecule has 0 aliphatic carbocycles. The molecule has 0 spiro atoms. The van der Waals surface area contributed by atoms with Crippen LogP contribution in [-0.4, -0.2) is 36.5 Å². The highest BCUT2D eigenvalue weighted by Crippen LogP contribution is 2.29. The third kappa shape index (κ3) is 3.99. The van der Waals surface area contributed by atoms with Crippen LogP contribution in [0.3, 0.4) is 0 Å². The van der Waals surface area contributed by atoms with Gasteiger partial charge in [-0.05, 0) is 55.9 Å². The van der Waals surface area contributed by atoms with Gasteiger partial charge in [0.1, 0.15) is 5.75 Å². The number of carbonyl (C=O) groups excluding carboxylic acids is 1. The molecule has 4 nitrogen and oxygen atoms in total. The van der Waals surface area contributed by atoms with Crippen LogP contribution in [0.15, 0.2) is 12.1 Å². The van der Waals surface area contributed by atoms with Crippen molar-refractivity contribution < 1.29 is 18.3 Å². The fourth-order valence-electron chi connectivity index (χ4n) is 3.26. The van der Waals surface area contributed by atoms with E-state index in [9.17, 15) is 13.6 Å². The number of rotatable bonds is 4. The topological polar surface area (TPSA) is 55.6 Å². The summed E-state index contributed by atoms with van der Waals surface area (Å²) in [6.45, 7) is 3.73. The normalized spacial score (nSPS) is 21.6. The van der Waals surface area contributed by atoms with Crippen LogP contribution >= 0.6 is 0 Å². The molecule has 1 amide bonds. The number of amides is 1. The molecule has 1 heterocycles. The van der Waals surface area contributed by atoms with Gasteiger partial charge in [-0.25, -0.2) is 0 Å². The molecule has 1 fully saturated rings. The summed E-state index contributed by atoms with van der Waals surface area (Å²) in [5.74, 6) is 0.597. The van der Waals surface area contributed by atoms with Crippen LogP contribution in [0.4, 0.5) is 8.78 Å². The summed E-state index contributed by atoms with van der Waals surface area (Å²) < 4.78 is 29.4. The number of carbonyl (C=O) groups is 1. The quantitative estimate of drug-likeness (QED) is 0.925. The van der Waals surface area contributed by atoms with Crippen molar-refractivity contribution >= 4 is 5.91 Å². The van der Waals surface area contributed by atoms with Crippen molar-refractivity contribution in [3.05, 3.63) is 28.8 Å². The summed E-state index contributed by atoms with van der Waals surface area (Å²) in [4.78, 5) is 14.6. The number of nitrogens with zero attached hydrogens (tertiary/aromatic N) is 1. The zero-order valence-electron chi connectivity index (χ0n) is 13.8. The first-order chi connectivity index (χ1) is 10.8. The molecule has 0 aromatic heterocycles. The highest BCUT2D eigenvalue weighted by atomic mass is 19.3. The zero-order valence-corrected chi connectivity index (χ0v) is 13.8. The molecule has 2 atom stereocenters. The van der Waals surface area contributed by atoms with Gasteiger partial charge in [0.2, 0.25) is 0 Å². The molecule has 1 saturated heterocycles. The zero-order chi connectivity index (χ0) is 17.1. The van der Waals surface area contributed by atoms with Gasteiger partial charge >= 0.3 is 6.61 Å². The van der Waals surface area contributed by atoms with E-state index in [2.05, 4.69) is 11.7 Å². The third-order valence-electron chi connectivity index (χ3n) is 4.43. The second kappa shape index (κ2) is 7.25. The summed E-state index contributed by atoms with van der Waals surface area (Å²) in [6, 6.07) is 3.25. The molecule has 1 aromatic rings. The third-order valence-corrected chi connectivity index (χ3v) is 4.43. The molecule has 2 rings (SSSR count). The van der Waals surface area contributed by atoms with E-state index < -0.39 is 6.61 Å². The van der Waals surface area contributed by atoms with Gasteiger partial charge in [-0.2, -0.15) is 8.78 Å². The molecule has 0 bridgehead atoms. The maximum Gasteiger partial charge on any atom is 0.387 e. The molecular weight excluding hydrogens is 302 g/mol. The number of halogens is 2. The minimum absolute atomic E-state index is 0.0313. The standard InChI is InChI=1S/C17H24F2N2O2/c1-10-4-5-21(14(6-10)9-20)16(22)13-7-11(2)15(12(3)8-13)23-17(18)19/h7-8,10,14,17H,4-6,9,20H2,1-3H3. The second-order valence-corrected chi connectivity index (χ2v) is 6.34. The molecule has 1 aliphatic rings. The number of benzene rings is 1. The van der Waals surface area contributed by atoms with E-state index in [1.54, 1.807) is 26.0 Å². The van der Waals surface area contributed by atoms with Gasteiger partial charge in [-0.15, -0.1) is 0 Å². The van der Waals surface area contributed by atoms with E-state index >= 15 is 0 Å². The van der Waals surface area contributed by atoms with Crippen molar-refractivity contribution in [1.29, 1.82) is 0 Å². The van der Waals surface area contributed by atoms with E-state index in [0.717, 1.165) is 12.8 Å². The maximum absolute atomic E-state index is 12.8. The van der Waals surface area contributed by atoms with Crippen molar-refractivity contribution in [1.82, 2.24) is 4.90 Å². The SMILES string of the molecule is Cc1cc(C(=O)N2CCC(C)CC2CN)cc(C)c1OC(F)F. The lowest BCUT2D eigenvalue weighted by Gasteiger charge is -2.38. The first-order valence-corrected chi connectivity index (χ1v) is 7.90. The Hall–Kier alpha value is -1.69. The number of hydrogen-bond donors (Lipinski definition) is 1. The molecule has 23 heavy (non-hydrogen) atoms. The van der Waals surface area contributed by atoms with Crippen LogP contribution in [0, 0.1) is 19.8 Å².